The van der Waals surface area contributed by atoms with Crippen LogP contribution >= 0.6 is 12.6 Å². The fraction of sp³-hybridized carbons (Fsp3) is 0.286. The summed E-state index contributed by atoms with van der Waals surface area (Å²) in [6.45, 7) is 0.134. The van der Waals surface area contributed by atoms with Crippen LogP contribution in [0.2, 0.25) is 0 Å². The number of anilines is 1. The number of methoxy groups -OCH3 is 2. The summed E-state index contributed by atoms with van der Waals surface area (Å²) in [5.41, 5.74) is 0.947. The van der Waals surface area contributed by atoms with Gasteiger partial charge in [0, 0.05) is 10.6 Å². The van der Waals surface area contributed by atoms with Crippen molar-refractivity contribution < 1.29 is 23.8 Å². The summed E-state index contributed by atoms with van der Waals surface area (Å²) in [5.74, 6) is -1.24. The van der Waals surface area contributed by atoms with E-state index in [1.54, 1.807) is 29.2 Å². The summed E-state index contributed by atoms with van der Waals surface area (Å²) >= 11 is 4.21. The molecule has 2 rings (SSSR count). The first-order valence-corrected chi connectivity index (χ1v) is 6.57. The molecule has 1 aromatic rings. The van der Waals surface area contributed by atoms with Crippen molar-refractivity contribution in [3.63, 3.8) is 0 Å². The molecule has 0 spiro atoms. The van der Waals surface area contributed by atoms with Gasteiger partial charge in [0.1, 0.15) is 12.4 Å². The lowest BCUT2D eigenvalue weighted by Crippen LogP contribution is -2.38. The molecule has 21 heavy (non-hydrogen) atoms. The summed E-state index contributed by atoms with van der Waals surface area (Å²) in [4.78, 5) is 26.2. The first kappa shape index (κ1) is 15.4. The molecule has 0 aliphatic carbocycles. The molecular formula is C14H15NO5S. The molecule has 1 heterocycles. The molecule has 7 heteroatoms. The van der Waals surface area contributed by atoms with E-state index in [4.69, 9.17) is 14.2 Å². The number of thiol groups is 1. The average Bonchev–Trinajstić information content (AvgIpc) is 2.53. The molecule has 0 amide bonds. The van der Waals surface area contributed by atoms with Crippen molar-refractivity contribution in [1.29, 1.82) is 0 Å². The molecule has 0 atom stereocenters. The third-order valence-electron chi connectivity index (χ3n) is 2.99. The van der Waals surface area contributed by atoms with Gasteiger partial charge in [0.15, 0.2) is 0 Å². The van der Waals surface area contributed by atoms with E-state index < -0.39 is 11.9 Å². The zero-order valence-corrected chi connectivity index (χ0v) is 12.6. The molecule has 0 saturated heterocycles. The Bertz CT molecular complexity index is 582. The number of hydrogen-bond acceptors (Lipinski definition) is 7. The molecule has 0 radical (unpaired) electrons. The Balaban J connectivity index is 2.50. The number of benzene rings is 1. The minimum Gasteiger partial charge on any atom is -0.466 e. The number of rotatable bonds is 3. The van der Waals surface area contributed by atoms with Crippen LogP contribution in [0.5, 0.6) is 0 Å². The standard InChI is InChI=1S/C14H15NO5S/c1-18-13(16)11-7-20-8-15(12(11)14(17)19-2)9-3-5-10(21)6-4-9/h3-6,21H,7-8H2,1-2H3. The quantitative estimate of drug-likeness (QED) is 0.672. The van der Waals surface area contributed by atoms with Gasteiger partial charge in [-0.3, -0.25) is 0 Å². The molecule has 112 valence electrons. The molecule has 1 aromatic carbocycles. The van der Waals surface area contributed by atoms with Crippen LogP contribution in [0, 0.1) is 0 Å². The number of esters is 2. The van der Waals surface area contributed by atoms with E-state index in [0.29, 0.717) is 5.69 Å². The lowest BCUT2D eigenvalue weighted by Gasteiger charge is -2.31. The van der Waals surface area contributed by atoms with E-state index in [1.807, 2.05) is 0 Å². The summed E-state index contributed by atoms with van der Waals surface area (Å²) in [5, 5.41) is 0. The minimum atomic E-state index is -0.620. The predicted octanol–water partition coefficient (Wildman–Crippen LogP) is 1.37. The van der Waals surface area contributed by atoms with Crippen molar-refractivity contribution in [2.75, 3.05) is 32.5 Å². The molecule has 0 N–H and O–H groups in total. The van der Waals surface area contributed by atoms with Crippen LogP contribution < -0.4 is 4.90 Å². The second-order valence-electron chi connectivity index (χ2n) is 4.23. The summed E-state index contributed by atoms with van der Waals surface area (Å²) in [7, 11) is 2.51. The van der Waals surface area contributed by atoms with Crippen molar-refractivity contribution in [1.82, 2.24) is 0 Å². The normalized spacial score (nSPS) is 14.9. The Labute approximate surface area is 127 Å². The maximum absolute atomic E-state index is 12.0. The highest BCUT2D eigenvalue weighted by atomic mass is 32.1. The molecular weight excluding hydrogens is 294 g/mol. The Morgan fingerprint density at radius 3 is 2.33 bits per heavy atom. The Kier molecular flexibility index (Phi) is 4.87. The highest BCUT2D eigenvalue weighted by molar-refractivity contribution is 7.80. The van der Waals surface area contributed by atoms with E-state index in [1.165, 1.54) is 14.2 Å². The summed E-state index contributed by atoms with van der Waals surface area (Å²) in [6.07, 6.45) is 0. The van der Waals surface area contributed by atoms with Gasteiger partial charge in [-0.25, -0.2) is 9.59 Å². The van der Waals surface area contributed by atoms with E-state index >= 15 is 0 Å². The van der Waals surface area contributed by atoms with Gasteiger partial charge in [-0.05, 0) is 24.3 Å². The van der Waals surface area contributed by atoms with Gasteiger partial charge < -0.3 is 19.1 Å². The van der Waals surface area contributed by atoms with Crippen molar-refractivity contribution in [2.45, 2.75) is 4.90 Å². The molecule has 0 aromatic heterocycles. The second kappa shape index (κ2) is 6.64. The topological polar surface area (TPSA) is 65.1 Å². The van der Waals surface area contributed by atoms with Gasteiger partial charge in [0.2, 0.25) is 0 Å². The lowest BCUT2D eigenvalue weighted by molar-refractivity contribution is -0.140. The maximum atomic E-state index is 12.0. The van der Waals surface area contributed by atoms with Crippen LogP contribution in [0.3, 0.4) is 0 Å². The third-order valence-corrected chi connectivity index (χ3v) is 3.29. The van der Waals surface area contributed by atoms with E-state index in [2.05, 4.69) is 12.6 Å². The third kappa shape index (κ3) is 3.20. The molecule has 1 aliphatic heterocycles. The van der Waals surface area contributed by atoms with Gasteiger partial charge in [-0.2, -0.15) is 0 Å². The van der Waals surface area contributed by atoms with Gasteiger partial charge in [-0.15, -0.1) is 12.6 Å². The lowest BCUT2D eigenvalue weighted by atomic mass is 10.1. The largest absolute Gasteiger partial charge is 0.466 e. The summed E-state index contributed by atoms with van der Waals surface area (Å²) in [6, 6.07) is 7.10. The van der Waals surface area contributed by atoms with Gasteiger partial charge in [-0.1, -0.05) is 0 Å². The highest BCUT2D eigenvalue weighted by Gasteiger charge is 2.32. The van der Waals surface area contributed by atoms with Crippen LogP contribution in [0.15, 0.2) is 40.4 Å². The van der Waals surface area contributed by atoms with E-state index in [9.17, 15) is 9.59 Å². The number of carbonyl (C=O) groups is 2. The van der Waals surface area contributed by atoms with E-state index in [-0.39, 0.29) is 24.6 Å². The van der Waals surface area contributed by atoms with Crippen molar-refractivity contribution in [3.05, 3.63) is 35.5 Å². The SMILES string of the molecule is COC(=O)C1=C(C(=O)OC)N(c2ccc(S)cc2)COC1. The van der Waals surface area contributed by atoms with Crippen molar-refractivity contribution in [2.24, 2.45) is 0 Å². The van der Waals surface area contributed by atoms with Crippen LogP contribution in [-0.4, -0.2) is 39.5 Å². The minimum absolute atomic E-state index is 0.00173. The van der Waals surface area contributed by atoms with Crippen molar-refractivity contribution >= 4 is 30.3 Å². The van der Waals surface area contributed by atoms with Crippen LogP contribution in [-0.2, 0) is 23.8 Å². The smallest absolute Gasteiger partial charge is 0.355 e. The fourth-order valence-corrected chi connectivity index (χ4v) is 2.13. The zero-order chi connectivity index (χ0) is 15.4. The van der Waals surface area contributed by atoms with Gasteiger partial charge >= 0.3 is 11.9 Å². The number of nitrogens with zero attached hydrogens (tertiary/aromatic N) is 1. The van der Waals surface area contributed by atoms with E-state index in [0.717, 1.165) is 4.90 Å². The number of hydrogen-bond donors (Lipinski definition) is 1. The van der Waals surface area contributed by atoms with Crippen molar-refractivity contribution in [3.8, 4) is 0 Å². The Morgan fingerprint density at radius 1 is 1.14 bits per heavy atom. The fourth-order valence-electron chi connectivity index (χ4n) is 1.98. The predicted molar refractivity (Wildman–Crippen MR) is 78.1 cm³/mol. The first-order chi connectivity index (χ1) is 10.1. The Hall–Kier alpha value is -1.99. The molecule has 0 bridgehead atoms. The molecule has 1 aliphatic rings. The molecule has 0 unspecified atom stereocenters. The number of ether oxygens (including phenoxy) is 3. The van der Waals surface area contributed by atoms with Crippen LogP contribution in [0.4, 0.5) is 5.69 Å². The zero-order valence-electron chi connectivity index (χ0n) is 11.7. The molecule has 6 nitrogen and oxygen atoms in total. The van der Waals surface area contributed by atoms with Crippen LogP contribution in [0.1, 0.15) is 0 Å². The number of carbonyl (C=O) groups excluding carboxylic acids is 2. The highest BCUT2D eigenvalue weighted by Crippen LogP contribution is 2.27. The summed E-state index contributed by atoms with van der Waals surface area (Å²) < 4.78 is 14.8. The average molecular weight is 309 g/mol. The van der Waals surface area contributed by atoms with Gasteiger partial charge in [0.05, 0.1) is 26.4 Å². The second-order valence-corrected chi connectivity index (χ2v) is 4.75. The Morgan fingerprint density at radius 2 is 1.76 bits per heavy atom. The maximum Gasteiger partial charge on any atom is 0.355 e. The van der Waals surface area contributed by atoms with Gasteiger partial charge in [0.25, 0.3) is 0 Å². The first-order valence-electron chi connectivity index (χ1n) is 6.12. The molecule has 0 fully saturated rings. The van der Waals surface area contributed by atoms with Crippen LogP contribution in [0.25, 0.3) is 0 Å². The molecule has 0 saturated carbocycles. The monoisotopic (exact) mass is 309 g/mol.